The highest BCUT2D eigenvalue weighted by Crippen LogP contribution is 1.97. The summed E-state index contributed by atoms with van der Waals surface area (Å²) in [6.45, 7) is 0. The van der Waals surface area contributed by atoms with Gasteiger partial charge in [0.1, 0.15) is 12.8 Å². The van der Waals surface area contributed by atoms with Crippen molar-refractivity contribution in [1.29, 1.82) is 0 Å². The Morgan fingerprint density at radius 2 is 2.62 bits per heavy atom. The average molecular weight is 109 g/mol. The maximum atomic E-state index is 4.51. The minimum atomic E-state index is 0.868. The fraction of sp³-hybridized carbons (Fsp3) is 0.500. The van der Waals surface area contributed by atoms with E-state index in [-0.39, 0.29) is 0 Å². The summed E-state index contributed by atoms with van der Waals surface area (Å²) in [4.78, 5) is 4.51. The maximum Gasteiger partial charge on any atom is 0.130 e. The molecule has 2 nitrogen and oxygen atoms in total. The number of oxime groups is 1. The maximum absolute atomic E-state index is 4.51. The van der Waals surface area contributed by atoms with Gasteiger partial charge >= 0.3 is 0 Å². The number of hydrogen-bond donors (Lipinski definition) is 0. The third-order valence-corrected chi connectivity index (χ3v) is 0.921. The van der Waals surface area contributed by atoms with E-state index in [1.807, 2.05) is 0 Å². The first kappa shape index (κ1) is 5.17. The van der Waals surface area contributed by atoms with Gasteiger partial charge in [0.25, 0.3) is 0 Å². The molecule has 0 atom stereocenters. The average Bonchev–Trinajstić information content (AvgIpc) is 2.19. The highest BCUT2D eigenvalue weighted by molar-refractivity contribution is 6.02. The van der Waals surface area contributed by atoms with Gasteiger partial charge in [0, 0.05) is 12.8 Å². The second kappa shape index (κ2) is 2.37. The smallest absolute Gasteiger partial charge is 0.130 e. The Kier molecular flexibility index (Phi) is 1.53. The number of hydrogen-bond acceptors (Lipinski definition) is 2. The molecule has 0 radical (unpaired) electrons. The normalized spacial score (nSPS) is 20.4. The van der Waals surface area contributed by atoms with Gasteiger partial charge in [0.2, 0.25) is 0 Å². The highest BCUT2D eigenvalue weighted by atomic mass is 16.6. The van der Waals surface area contributed by atoms with Crippen LogP contribution in [-0.4, -0.2) is 12.8 Å². The topological polar surface area (TPSA) is 21.6 Å². The van der Waals surface area contributed by atoms with E-state index in [0.717, 1.165) is 18.6 Å². The lowest BCUT2D eigenvalue weighted by atomic mass is 10.3. The van der Waals surface area contributed by atoms with Gasteiger partial charge in [0.15, 0.2) is 0 Å². The minimum Gasteiger partial charge on any atom is -0.398 e. The van der Waals surface area contributed by atoms with Gasteiger partial charge in [0.05, 0.1) is 0 Å². The van der Waals surface area contributed by atoms with Crippen molar-refractivity contribution in [2.75, 3.05) is 7.11 Å². The van der Waals surface area contributed by atoms with Crippen LogP contribution in [0.5, 0.6) is 0 Å². The van der Waals surface area contributed by atoms with Crippen LogP contribution in [0.1, 0.15) is 12.8 Å². The van der Waals surface area contributed by atoms with Crippen molar-refractivity contribution < 1.29 is 4.84 Å². The zero-order valence-electron chi connectivity index (χ0n) is 4.77. The van der Waals surface area contributed by atoms with Crippen LogP contribution < -0.4 is 0 Å². The summed E-state index contributed by atoms with van der Waals surface area (Å²) < 4.78 is 0. The van der Waals surface area contributed by atoms with Crippen LogP contribution in [0.15, 0.2) is 5.16 Å². The van der Waals surface area contributed by atoms with Gasteiger partial charge in [-0.05, 0) is 5.92 Å². The number of nitrogens with zero attached hydrogens (tertiary/aromatic N) is 1. The van der Waals surface area contributed by atoms with Gasteiger partial charge in [-0.1, -0.05) is 11.1 Å². The van der Waals surface area contributed by atoms with E-state index in [0.29, 0.717) is 0 Å². The second-order valence-electron chi connectivity index (χ2n) is 1.52. The molecule has 0 fully saturated rings. The molecule has 1 aliphatic rings. The van der Waals surface area contributed by atoms with E-state index >= 15 is 0 Å². The summed E-state index contributed by atoms with van der Waals surface area (Å²) in [5, 5.41) is 3.67. The van der Waals surface area contributed by atoms with Crippen molar-refractivity contribution in [2.45, 2.75) is 12.8 Å². The molecule has 0 bridgehead atoms. The van der Waals surface area contributed by atoms with Crippen molar-refractivity contribution in [3.05, 3.63) is 0 Å². The van der Waals surface area contributed by atoms with Crippen LogP contribution >= 0.6 is 0 Å². The third-order valence-electron chi connectivity index (χ3n) is 0.921. The summed E-state index contributed by atoms with van der Waals surface area (Å²) in [5.74, 6) is 5.73. The number of rotatable bonds is 1. The Hall–Kier alpha value is -0.970. The molecular formula is C6H7NO. The molecule has 1 rings (SSSR count). The Morgan fingerprint density at radius 3 is 3.12 bits per heavy atom. The van der Waals surface area contributed by atoms with Crippen molar-refractivity contribution in [3.63, 3.8) is 0 Å². The molecule has 1 aliphatic carbocycles. The van der Waals surface area contributed by atoms with Crippen LogP contribution in [-0.2, 0) is 4.84 Å². The van der Waals surface area contributed by atoms with Crippen LogP contribution in [0.25, 0.3) is 0 Å². The zero-order chi connectivity index (χ0) is 5.82. The van der Waals surface area contributed by atoms with Crippen molar-refractivity contribution in [3.8, 4) is 11.8 Å². The van der Waals surface area contributed by atoms with Crippen LogP contribution in [0, 0.1) is 11.8 Å². The molecule has 8 heavy (non-hydrogen) atoms. The molecule has 0 saturated heterocycles. The highest BCUT2D eigenvalue weighted by Gasteiger charge is 1.98. The van der Waals surface area contributed by atoms with E-state index in [9.17, 15) is 0 Å². The van der Waals surface area contributed by atoms with Crippen molar-refractivity contribution >= 4 is 5.71 Å². The molecule has 0 heterocycles. The van der Waals surface area contributed by atoms with Crippen molar-refractivity contribution in [1.82, 2.24) is 0 Å². The Balaban J connectivity index is 2.51. The zero-order valence-corrected chi connectivity index (χ0v) is 4.77. The second-order valence-corrected chi connectivity index (χ2v) is 1.52. The van der Waals surface area contributed by atoms with Crippen LogP contribution in [0.3, 0.4) is 0 Å². The van der Waals surface area contributed by atoms with Gasteiger partial charge in [-0.3, -0.25) is 0 Å². The van der Waals surface area contributed by atoms with E-state index in [1.165, 1.54) is 7.11 Å². The molecule has 0 aromatic rings. The van der Waals surface area contributed by atoms with Gasteiger partial charge in [-0.15, -0.1) is 0 Å². The lowest BCUT2D eigenvalue weighted by Gasteiger charge is -1.86. The van der Waals surface area contributed by atoms with Crippen LogP contribution in [0.4, 0.5) is 0 Å². The summed E-state index contributed by atoms with van der Waals surface area (Å²) in [5.41, 5.74) is 0.868. The Morgan fingerprint density at radius 1 is 1.75 bits per heavy atom. The molecule has 0 spiro atoms. The Labute approximate surface area is 48.5 Å². The van der Waals surface area contributed by atoms with Gasteiger partial charge in [-0.25, -0.2) is 0 Å². The molecule has 0 aromatic carbocycles. The first-order valence-electron chi connectivity index (χ1n) is 2.52. The monoisotopic (exact) mass is 109 g/mol. The molecule has 0 N–H and O–H groups in total. The van der Waals surface area contributed by atoms with Crippen LogP contribution in [0.2, 0.25) is 0 Å². The summed E-state index contributed by atoms with van der Waals surface area (Å²) in [6, 6.07) is 0. The van der Waals surface area contributed by atoms with E-state index in [1.54, 1.807) is 0 Å². The molecule has 0 aromatic heterocycles. The van der Waals surface area contributed by atoms with Crippen molar-refractivity contribution in [2.24, 2.45) is 5.16 Å². The minimum absolute atomic E-state index is 0.868. The fourth-order valence-corrected chi connectivity index (χ4v) is 0.587. The SMILES string of the molecule is CON=C1C#CCC1. The third kappa shape index (κ3) is 1.00. The lowest BCUT2D eigenvalue weighted by molar-refractivity contribution is 0.213. The molecule has 42 valence electrons. The lowest BCUT2D eigenvalue weighted by Crippen LogP contribution is -1.87. The van der Waals surface area contributed by atoms with E-state index < -0.39 is 0 Å². The molecule has 2 heteroatoms. The molecular weight excluding hydrogens is 102 g/mol. The molecule has 0 amide bonds. The molecule has 0 unspecified atom stereocenters. The molecule has 0 aliphatic heterocycles. The summed E-state index contributed by atoms with van der Waals surface area (Å²) >= 11 is 0. The summed E-state index contributed by atoms with van der Waals surface area (Å²) in [6.07, 6.45) is 1.86. The predicted octanol–water partition coefficient (Wildman–Crippen LogP) is 0.786. The predicted molar refractivity (Wildman–Crippen MR) is 31.5 cm³/mol. The summed E-state index contributed by atoms with van der Waals surface area (Å²) in [7, 11) is 1.53. The van der Waals surface area contributed by atoms with E-state index in [2.05, 4.69) is 21.8 Å². The van der Waals surface area contributed by atoms with E-state index in [4.69, 9.17) is 0 Å². The molecule has 0 saturated carbocycles. The first-order chi connectivity index (χ1) is 3.93. The van der Waals surface area contributed by atoms with Gasteiger partial charge in [-0.2, -0.15) is 0 Å². The first-order valence-corrected chi connectivity index (χ1v) is 2.52. The standard InChI is InChI=1S/C6H7NO/c1-8-7-6-4-2-3-5-6/h2,4H2,1H3. The van der Waals surface area contributed by atoms with Gasteiger partial charge < -0.3 is 4.84 Å². The Bertz CT molecular complexity index is 161. The fourth-order valence-electron chi connectivity index (χ4n) is 0.587. The quantitative estimate of drug-likeness (QED) is 0.360. The largest absolute Gasteiger partial charge is 0.398 e.